The number of carbonyl (C=O) groups is 2. The van der Waals surface area contributed by atoms with Gasteiger partial charge in [-0.25, -0.2) is 0 Å². The van der Waals surface area contributed by atoms with Crippen molar-refractivity contribution in [3.05, 3.63) is 0 Å². The highest BCUT2D eigenvalue weighted by molar-refractivity contribution is 5.76. The largest absolute Gasteiger partial charge is 0.466 e. The monoisotopic (exact) mass is 200 g/mol. The highest BCUT2D eigenvalue weighted by atomic mass is 16.5. The molecule has 80 valence electrons. The zero-order valence-corrected chi connectivity index (χ0v) is 8.34. The molecule has 1 saturated heterocycles. The highest BCUT2D eigenvalue weighted by Crippen LogP contribution is 1.95. The number of amides is 1. The Balaban J connectivity index is 1.94. The fraction of sp³-hybridized carbons (Fsp3) is 0.778. The molecule has 0 radical (unpaired) electrons. The van der Waals surface area contributed by atoms with E-state index in [1.54, 1.807) is 0 Å². The molecule has 0 aromatic heterocycles. The van der Waals surface area contributed by atoms with Crippen LogP contribution in [-0.2, 0) is 14.3 Å². The normalized spacial score (nSPS) is 15.8. The Hall–Kier alpha value is -1.10. The Morgan fingerprint density at radius 3 is 2.71 bits per heavy atom. The zero-order chi connectivity index (χ0) is 10.4. The van der Waals surface area contributed by atoms with Gasteiger partial charge in [0.05, 0.1) is 12.6 Å². The van der Waals surface area contributed by atoms with Crippen molar-refractivity contribution in [1.82, 2.24) is 10.6 Å². The first-order chi connectivity index (χ1) is 6.68. The second-order valence-electron chi connectivity index (χ2n) is 3.37. The third kappa shape index (κ3) is 4.23. The Morgan fingerprint density at radius 1 is 1.50 bits per heavy atom. The Kier molecular flexibility index (Phi) is 4.39. The molecule has 0 atom stereocenters. The van der Waals surface area contributed by atoms with Crippen molar-refractivity contribution < 1.29 is 14.3 Å². The second kappa shape index (κ2) is 5.59. The molecule has 1 fully saturated rings. The minimum Gasteiger partial charge on any atom is -0.466 e. The van der Waals surface area contributed by atoms with Gasteiger partial charge in [0.15, 0.2) is 0 Å². The molecule has 0 saturated carbocycles. The summed E-state index contributed by atoms with van der Waals surface area (Å²) in [7, 11) is 0. The topological polar surface area (TPSA) is 67.4 Å². The molecular formula is C9H16N2O3. The average Bonchev–Trinajstić information content (AvgIpc) is 2.05. The van der Waals surface area contributed by atoms with Gasteiger partial charge >= 0.3 is 5.97 Å². The summed E-state index contributed by atoms with van der Waals surface area (Å²) in [4.78, 5) is 21.6. The quantitative estimate of drug-likeness (QED) is 0.460. The van der Waals surface area contributed by atoms with Gasteiger partial charge in [-0.2, -0.15) is 0 Å². The van der Waals surface area contributed by atoms with Crippen LogP contribution in [-0.4, -0.2) is 37.6 Å². The number of carbonyl (C=O) groups excluding carboxylic acids is 2. The van der Waals surface area contributed by atoms with Crippen LogP contribution in [0.25, 0.3) is 0 Å². The number of ether oxygens (including phenoxy) is 1. The van der Waals surface area contributed by atoms with Crippen LogP contribution < -0.4 is 10.6 Å². The second-order valence-corrected chi connectivity index (χ2v) is 3.37. The van der Waals surface area contributed by atoms with Crippen LogP contribution >= 0.6 is 0 Å². The summed E-state index contributed by atoms with van der Waals surface area (Å²) in [5.74, 6) is -0.266. The summed E-state index contributed by atoms with van der Waals surface area (Å²) >= 11 is 0. The fourth-order valence-electron chi connectivity index (χ4n) is 1.14. The molecule has 1 amide bonds. The molecule has 0 unspecified atom stereocenters. The lowest BCUT2D eigenvalue weighted by molar-refractivity contribution is -0.141. The number of hydrogen-bond acceptors (Lipinski definition) is 4. The predicted octanol–water partition coefficient (Wildman–Crippen LogP) is -0.582. The van der Waals surface area contributed by atoms with Gasteiger partial charge in [0.1, 0.15) is 0 Å². The van der Waals surface area contributed by atoms with E-state index in [2.05, 4.69) is 10.6 Å². The SMILES string of the molecule is CC(=O)OCCCC(=O)NC1CNC1. The maximum absolute atomic E-state index is 11.2. The molecule has 1 rings (SSSR count). The van der Waals surface area contributed by atoms with Gasteiger partial charge in [-0.1, -0.05) is 0 Å². The van der Waals surface area contributed by atoms with E-state index in [-0.39, 0.29) is 17.9 Å². The molecule has 1 heterocycles. The molecular weight excluding hydrogens is 184 g/mol. The van der Waals surface area contributed by atoms with Crippen molar-refractivity contribution in [2.75, 3.05) is 19.7 Å². The number of nitrogens with one attached hydrogen (secondary N) is 2. The van der Waals surface area contributed by atoms with E-state index in [1.807, 2.05) is 0 Å². The van der Waals surface area contributed by atoms with Crippen LogP contribution in [0, 0.1) is 0 Å². The standard InChI is InChI=1S/C9H16N2O3/c1-7(12)14-4-2-3-9(13)11-8-5-10-6-8/h8,10H,2-6H2,1H3,(H,11,13). The van der Waals surface area contributed by atoms with E-state index in [1.165, 1.54) is 6.92 Å². The maximum Gasteiger partial charge on any atom is 0.302 e. The molecule has 2 N–H and O–H groups in total. The lowest BCUT2D eigenvalue weighted by Gasteiger charge is -2.27. The molecule has 1 aliphatic rings. The van der Waals surface area contributed by atoms with E-state index >= 15 is 0 Å². The minimum absolute atomic E-state index is 0.0312. The van der Waals surface area contributed by atoms with Gasteiger partial charge in [0.25, 0.3) is 0 Å². The van der Waals surface area contributed by atoms with Crippen molar-refractivity contribution in [2.24, 2.45) is 0 Å². The van der Waals surface area contributed by atoms with E-state index < -0.39 is 0 Å². The van der Waals surface area contributed by atoms with Crippen LogP contribution in [0.1, 0.15) is 19.8 Å². The van der Waals surface area contributed by atoms with Gasteiger partial charge in [-0.05, 0) is 6.42 Å². The first-order valence-electron chi connectivity index (χ1n) is 4.82. The van der Waals surface area contributed by atoms with Gasteiger partial charge in [0, 0.05) is 26.4 Å². The Morgan fingerprint density at radius 2 is 2.21 bits per heavy atom. The summed E-state index contributed by atoms with van der Waals surface area (Å²) in [5, 5.41) is 5.93. The molecule has 0 spiro atoms. The van der Waals surface area contributed by atoms with Gasteiger partial charge in [-0.3, -0.25) is 9.59 Å². The maximum atomic E-state index is 11.2. The summed E-state index contributed by atoms with van der Waals surface area (Å²) in [6.07, 6.45) is 1.01. The first kappa shape index (κ1) is 11.0. The predicted molar refractivity (Wildman–Crippen MR) is 50.7 cm³/mol. The molecule has 0 aromatic carbocycles. The van der Waals surface area contributed by atoms with Crippen LogP contribution in [0.4, 0.5) is 0 Å². The molecule has 0 aliphatic carbocycles. The lowest BCUT2D eigenvalue weighted by atomic mass is 10.1. The van der Waals surface area contributed by atoms with Crippen LogP contribution in [0.15, 0.2) is 0 Å². The molecule has 5 heteroatoms. The molecule has 0 bridgehead atoms. The summed E-state index contributed by atoms with van der Waals surface area (Å²) in [6.45, 7) is 3.40. The van der Waals surface area contributed by atoms with Crippen LogP contribution in [0.2, 0.25) is 0 Å². The van der Waals surface area contributed by atoms with Gasteiger partial charge < -0.3 is 15.4 Å². The summed E-state index contributed by atoms with van der Waals surface area (Å²) < 4.78 is 4.71. The van der Waals surface area contributed by atoms with Gasteiger partial charge in [0.2, 0.25) is 5.91 Å². The highest BCUT2D eigenvalue weighted by Gasteiger charge is 2.18. The van der Waals surface area contributed by atoms with Crippen molar-refractivity contribution in [3.63, 3.8) is 0 Å². The van der Waals surface area contributed by atoms with Gasteiger partial charge in [-0.15, -0.1) is 0 Å². The van der Waals surface area contributed by atoms with E-state index in [9.17, 15) is 9.59 Å². The molecule has 1 aliphatic heterocycles. The first-order valence-corrected chi connectivity index (χ1v) is 4.82. The van der Waals surface area contributed by atoms with Crippen molar-refractivity contribution in [1.29, 1.82) is 0 Å². The third-order valence-electron chi connectivity index (χ3n) is 2.00. The number of esters is 1. The van der Waals surface area contributed by atoms with E-state index in [0.29, 0.717) is 19.4 Å². The summed E-state index contributed by atoms with van der Waals surface area (Å²) in [5.41, 5.74) is 0. The molecule has 14 heavy (non-hydrogen) atoms. The van der Waals surface area contributed by atoms with Crippen molar-refractivity contribution in [3.8, 4) is 0 Å². The zero-order valence-electron chi connectivity index (χ0n) is 8.34. The van der Waals surface area contributed by atoms with Crippen molar-refractivity contribution >= 4 is 11.9 Å². The number of hydrogen-bond donors (Lipinski definition) is 2. The van der Waals surface area contributed by atoms with E-state index in [4.69, 9.17) is 4.74 Å². The minimum atomic E-state index is -0.298. The Labute approximate surface area is 83.2 Å². The Bertz CT molecular complexity index is 214. The van der Waals surface area contributed by atoms with Crippen LogP contribution in [0.5, 0.6) is 0 Å². The van der Waals surface area contributed by atoms with E-state index in [0.717, 1.165) is 13.1 Å². The fourth-order valence-corrected chi connectivity index (χ4v) is 1.14. The molecule has 0 aromatic rings. The third-order valence-corrected chi connectivity index (χ3v) is 2.00. The van der Waals surface area contributed by atoms with Crippen LogP contribution in [0.3, 0.4) is 0 Å². The summed E-state index contributed by atoms with van der Waals surface area (Å²) in [6, 6.07) is 0.288. The average molecular weight is 200 g/mol. The lowest BCUT2D eigenvalue weighted by Crippen LogP contribution is -2.56. The van der Waals surface area contributed by atoms with Crippen molar-refractivity contribution in [2.45, 2.75) is 25.8 Å². The molecule has 5 nitrogen and oxygen atoms in total. The number of rotatable bonds is 5. The smallest absolute Gasteiger partial charge is 0.302 e.